The maximum Gasteiger partial charge on any atom is 0.222 e. The number of halogens is 3. The van der Waals surface area contributed by atoms with Crippen molar-refractivity contribution in [1.29, 1.82) is 0 Å². The maximum absolute atomic E-state index is 12.8. The van der Waals surface area contributed by atoms with Crippen molar-refractivity contribution in [2.45, 2.75) is 50.8 Å². The third kappa shape index (κ3) is 5.34. The van der Waals surface area contributed by atoms with Gasteiger partial charge in [-0.05, 0) is 54.4 Å². The van der Waals surface area contributed by atoms with Gasteiger partial charge in [-0.1, -0.05) is 61.3 Å². The number of carbonyl (C=O) groups excluding carboxylic acids is 1. The van der Waals surface area contributed by atoms with E-state index in [0.717, 1.165) is 37.9 Å². The summed E-state index contributed by atoms with van der Waals surface area (Å²) in [6, 6.07) is 5.76. The number of amides is 1. The molecule has 2 aliphatic rings. The first-order valence-corrected chi connectivity index (χ1v) is 11.3. The highest BCUT2D eigenvalue weighted by Gasteiger charge is 2.35. The second-order valence-electron chi connectivity index (χ2n) is 8.25. The van der Waals surface area contributed by atoms with E-state index >= 15 is 0 Å². The fourth-order valence-corrected chi connectivity index (χ4v) is 4.86. The molecule has 0 aromatic heterocycles. The molecule has 0 spiro atoms. The minimum atomic E-state index is 0.0497. The molecule has 1 aromatic carbocycles. The predicted octanol–water partition coefficient (Wildman–Crippen LogP) is 6.86. The van der Waals surface area contributed by atoms with Crippen LogP contribution in [0.25, 0.3) is 0 Å². The molecule has 0 radical (unpaired) electrons. The second kappa shape index (κ2) is 9.69. The molecule has 152 valence electrons. The molecule has 1 saturated heterocycles. The van der Waals surface area contributed by atoms with Crippen LogP contribution in [0.4, 0.5) is 0 Å². The van der Waals surface area contributed by atoms with E-state index in [1.165, 1.54) is 5.57 Å². The summed E-state index contributed by atoms with van der Waals surface area (Å²) >= 11 is 18.9. The van der Waals surface area contributed by atoms with Gasteiger partial charge in [0.1, 0.15) is 0 Å². The Labute approximate surface area is 183 Å². The van der Waals surface area contributed by atoms with Gasteiger partial charge < -0.3 is 4.90 Å². The van der Waals surface area contributed by atoms with Crippen LogP contribution in [0, 0.1) is 11.8 Å². The Morgan fingerprint density at radius 3 is 2.68 bits per heavy atom. The van der Waals surface area contributed by atoms with Crippen LogP contribution >= 0.6 is 34.8 Å². The Morgan fingerprint density at radius 2 is 2.04 bits per heavy atom. The SMILES string of the molecule is CC(C)CCC(=O)N1CCC(c2ccc(Cl)cc2Cl)C(C2=CCC(Cl)C=C2)C1. The summed E-state index contributed by atoms with van der Waals surface area (Å²) in [6.07, 6.45) is 9.68. The van der Waals surface area contributed by atoms with Gasteiger partial charge in [0, 0.05) is 35.5 Å². The molecule has 5 heteroatoms. The van der Waals surface area contributed by atoms with Gasteiger partial charge in [-0.2, -0.15) is 0 Å². The Morgan fingerprint density at radius 1 is 1.25 bits per heavy atom. The quantitative estimate of drug-likeness (QED) is 0.458. The van der Waals surface area contributed by atoms with E-state index in [4.69, 9.17) is 34.8 Å². The van der Waals surface area contributed by atoms with E-state index in [1.54, 1.807) is 0 Å². The topological polar surface area (TPSA) is 20.3 Å². The highest BCUT2D eigenvalue weighted by atomic mass is 35.5. The first-order valence-electron chi connectivity index (χ1n) is 10.1. The van der Waals surface area contributed by atoms with Crippen molar-refractivity contribution in [3.8, 4) is 0 Å². The zero-order chi connectivity index (χ0) is 20.3. The fraction of sp³-hybridized carbons (Fsp3) is 0.522. The molecule has 1 aromatic rings. The Hall–Kier alpha value is -0.960. The molecular formula is C23H28Cl3NO. The molecule has 2 nitrogen and oxygen atoms in total. The fourth-order valence-electron chi connectivity index (χ4n) is 4.15. The van der Waals surface area contributed by atoms with E-state index in [9.17, 15) is 4.79 Å². The molecule has 1 fully saturated rings. The number of benzene rings is 1. The van der Waals surface area contributed by atoms with Crippen LogP contribution in [0.5, 0.6) is 0 Å². The number of nitrogens with zero attached hydrogens (tertiary/aromatic N) is 1. The number of piperidine rings is 1. The van der Waals surface area contributed by atoms with Gasteiger partial charge in [-0.3, -0.25) is 4.79 Å². The standard InChI is InChI=1S/C23H28Cl3NO/c1-15(2)3-10-23(28)27-12-11-19(20-9-8-18(25)13-22(20)26)21(14-27)16-4-6-17(24)7-5-16/h4-6,8-9,13,15,17,19,21H,3,7,10-12,14H2,1-2H3. The van der Waals surface area contributed by atoms with Crippen molar-refractivity contribution in [2.75, 3.05) is 13.1 Å². The number of rotatable bonds is 5. The lowest BCUT2D eigenvalue weighted by atomic mass is 9.75. The van der Waals surface area contributed by atoms with E-state index in [-0.39, 0.29) is 23.1 Å². The third-order valence-electron chi connectivity index (χ3n) is 5.77. The smallest absolute Gasteiger partial charge is 0.222 e. The summed E-state index contributed by atoms with van der Waals surface area (Å²) in [7, 11) is 0. The van der Waals surface area contributed by atoms with E-state index in [0.29, 0.717) is 22.4 Å². The molecule has 3 atom stereocenters. The normalized spacial score (nSPS) is 25.1. The van der Waals surface area contributed by atoms with Gasteiger partial charge >= 0.3 is 0 Å². The van der Waals surface area contributed by atoms with Crippen LogP contribution in [0.15, 0.2) is 42.0 Å². The summed E-state index contributed by atoms with van der Waals surface area (Å²) in [5.41, 5.74) is 2.38. The predicted molar refractivity (Wildman–Crippen MR) is 119 cm³/mol. The van der Waals surface area contributed by atoms with Crippen molar-refractivity contribution in [3.63, 3.8) is 0 Å². The van der Waals surface area contributed by atoms with Gasteiger partial charge in [-0.25, -0.2) is 0 Å². The summed E-state index contributed by atoms with van der Waals surface area (Å²) in [5.74, 6) is 1.28. The minimum absolute atomic E-state index is 0.0497. The lowest BCUT2D eigenvalue weighted by Crippen LogP contribution is -2.43. The molecule has 0 saturated carbocycles. The summed E-state index contributed by atoms with van der Waals surface area (Å²) in [4.78, 5) is 14.8. The average Bonchev–Trinajstić information content (AvgIpc) is 2.66. The number of carbonyl (C=O) groups is 1. The Balaban J connectivity index is 1.84. The van der Waals surface area contributed by atoms with Crippen molar-refractivity contribution in [2.24, 2.45) is 11.8 Å². The minimum Gasteiger partial charge on any atom is -0.342 e. The summed E-state index contributed by atoms with van der Waals surface area (Å²) in [5, 5.41) is 1.40. The van der Waals surface area contributed by atoms with E-state index in [1.807, 2.05) is 23.1 Å². The molecule has 0 bridgehead atoms. The first kappa shape index (κ1) is 21.7. The number of hydrogen-bond acceptors (Lipinski definition) is 1. The van der Waals surface area contributed by atoms with Gasteiger partial charge in [0.05, 0.1) is 5.38 Å². The summed E-state index contributed by atoms with van der Waals surface area (Å²) < 4.78 is 0. The molecule has 1 heterocycles. The van der Waals surface area contributed by atoms with Gasteiger partial charge in [0.2, 0.25) is 5.91 Å². The molecule has 1 aliphatic heterocycles. The van der Waals surface area contributed by atoms with Crippen LogP contribution in [-0.2, 0) is 4.79 Å². The zero-order valence-corrected chi connectivity index (χ0v) is 18.8. The highest BCUT2D eigenvalue weighted by molar-refractivity contribution is 6.35. The van der Waals surface area contributed by atoms with Crippen molar-refractivity contribution >= 4 is 40.7 Å². The largest absolute Gasteiger partial charge is 0.342 e. The van der Waals surface area contributed by atoms with Crippen LogP contribution in [0.3, 0.4) is 0 Å². The first-order chi connectivity index (χ1) is 13.3. The zero-order valence-electron chi connectivity index (χ0n) is 16.5. The van der Waals surface area contributed by atoms with Crippen molar-refractivity contribution < 1.29 is 4.79 Å². The van der Waals surface area contributed by atoms with E-state index < -0.39 is 0 Å². The number of allylic oxidation sites excluding steroid dienone is 3. The van der Waals surface area contributed by atoms with Crippen LogP contribution in [-0.4, -0.2) is 29.3 Å². The number of alkyl halides is 1. The van der Waals surface area contributed by atoms with Crippen molar-refractivity contribution in [1.82, 2.24) is 4.90 Å². The molecule has 28 heavy (non-hydrogen) atoms. The number of likely N-dealkylation sites (tertiary alicyclic amines) is 1. The maximum atomic E-state index is 12.8. The van der Waals surface area contributed by atoms with Crippen LogP contribution in [0.2, 0.25) is 10.0 Å². The second-order valence-corrected chi connectivity index (χ2v) is 9.66. The average molecular weight is 441 g/mol. The molecule has 3 unspecified atom stereocenters. The van der Waals surface area contributed by atoms with Crippen LogP contribution < -0.4 is 0 Å². The molecule has 0 N–H and O–H groups in total. The molecule has 1 aliphatic carbocycles. The van der Waals surface area contributed by atoms with Gasteiger partial charge in [-0.15, -0.1) is 11.6 Å². The van der Waals surface area contributed by atoms with Gasteiger partial charge in [0.25, 0.3) is 0 Å². The summed E-state index contributed by atoms with van der Waals surface area (Å²) in [6.45, 7) is 5.81. The lowest BCUT2D eigenvalue weighted by molar-refractivity contribution is -0.133. The Bertz CT molecular complexity index is 771. The molecule has 3 rings (SSSR count). The van der Waals surface area contributed by atoms with Crippen molar-refractivity contribution in [3.05, 3.63) is 57.6 Å². The molecular weight excluding hydrogens is 413 g/mol. The Kier molecular flexibility index (Phi) is 7.53. The van der Waals surface area contributed by atoms with Crippen LogP contribution in [0.1, 0.15) is 51.0 Å². The monoisotopic (exact) mass is 439 g/mol. The third-order valence-corrected chi connectivity index (χ3v) is 6.65. The van der Waals surface area contributed by atoms with E-state index in [2.05, 4.69) is 32.1 Å². The van der Waals surface area contributed by atoms with Gasteiger partial charge in [0.15, 0.2) is 0 Å². The highest BCUT2D eigenvalue weighted by Crippen LogP contribution is 2.42. The molecule has 1 amide bonds. The lowest BCUT2D eigenvalue weighted by Gasteiger charge is -2.40. The number of hydrogen-bond donors (Lipinski definition) is 0.